The van der Waals surface area contributed by atoms with Crippen LogP contribution in [0, 0.1) is 0 Å². The highest BCUT2D eigenvalue weighted by Gasteiger charge is 2.27. The van der Waals surface area contributed by atoms with Crippen LogP contribution in [-0.2, 0) is 15.9 Å². The van der Waals surface area contributed by atoms with Gasteiger partial charge >= 0.3 is 0 Å². The number of ether oxygens (including phenoxy) is 2. The molecule has 1 atom stereocenters. The van der Waals surface area contributed by atoms with Crippen LogP contribution < -0.4 is 5.32 Å². The largest absolute Gasteiger partial charge is 0.462 e. The van der Waals surface area contributed by atoms with Gasteiger partial charge in [-0.3, -0.25) is 4.90 Å². The molecule has 1 N–H and O–H groups in total. The lowest BCUT2D eigenvalue weighted by atomic mass is 10.0. The Morgan fingerprint density at radius 1 is 1.16 bits per heavy atom. The first-order valence-corrected chi connectivity index (χ1v) is 6.86. The molecule has 102 valence electrons. The van der Waals surface area contributed by atoms with E-state index in [1.807, 2.05) is 0 Å². The van der Waals surface area contributed by atoms with Crippen molar-refractivity contribution in [2.75, 3.05) is 33.0 Å². The van der Waals surface area contributed by atoms with E-state index in [9.17, 15) is 0 Å². The number of nitrogens with zero attached hydrogens (tertiary/aromatic N) is 1. The Morgan fingerprint density at radius 3 is 2.63 bits per heavy atom. The summed E-state index contributed by atoms with van der Waals surface area (Å²) in [7, 11) is 0. The second kappa shape index (κ2) is 6.08. The van der Waals surface area contributed by atoms with Crippen molar-refractivity contribution in [3.63, 3.8) is 0 Å². The van der Waals surface area contributed by atoms with Crippen LogP contribution in [0.15, 0.2) is 42.4 Å². The van der Waals surface area contributed by atoms with Gasteiger partial charge in [-0.25, -0.2) is 0 Å². The summed E-state index contributed by atoms with van der Waals surface area (Å²) >= 11 is 0. The van der Waals surface area contributed by atoms with Crippen molar-refractivity contribution in [3.8, 4) is 0 Å². The molecule has 3 rings (SSSR count). The Labute approximate surface area is 114 Å². The normalized spacial score (nSPS) is 21.4. The van der Waals surface area contributed by atoms with E-state index in [0.29, 0.717) is 6.79 Å². The van der Waals surface area contributed by atoms with Crippen molar-refractivity contribution in [2.24, 2.45) is 0 Å². The molecule has 0 spiro atoms. The van der Waals surface area contributed by atoms with E-state index in [2.05, 4.69) is 40.5 Å². The molecule has 0 bridgehead atoms. The van der Waals surface area contributed by atoms with Crippen molar-refractivity contribution in [2.45, 2.75) is 12.5 Å². The third kappa shape index (κ3) is 3.08. The van der Waals surface area contributed by atoms with Gasteiger partial charge in [0.15, 0.2) is 5.76 Å². The highest BCUT2D eigenvalue weighted by molar-refractivity contribution is 5.19. The second-order valence-corrected chi connectivity index (χ2v) is 4.94. The van der Waals surface area contributed by atoms with Gasteiger partial charge in [0.05, 0.1) is 6.04 Å². The Hall–Kier alpha value is -1.52. The maximum Gasteiger partial charge on any atom is 0.229 e. The molecule has 1 aromatic carbocycles. The number of benzene rings is 1. The Kier molecular flexibility index (Phi) is 4.01. The third-order valence-electron chi connectivity index (χ3n) is 3.69. The summed E-state index contributed by atoms with van der Waals surface area (Å²) in [6, 6.07) is 10.9. The van der Waals surface area contributed by atoms with Crippen LogP contribution in [0.1, 0.15) is 5.56 Å². The highest BCUT2D eigenvalue weighted by Crippen LogP contribution is 2.21. The van der Waals surface area contributed by atoms with E-state index in [1.165, 1.54) is 5.56 Å². The first-order chi connectivity index (χ1) is 9.43. The summed E-state index contributed by atoms with van der Waals surface area (Å²) in [6.07, 6.45) is 2.74. The molecule has 1 unspecified atom stereocenters. The lowest BCUT2D eigenvalue weighted by molar-refractivity contribution is 0.0569. The predicted molar refractivity (Wildman–Crippen MR) is 73.5 cm³/mol. The van der Waals surface area contributed by atoms with E-state index in [4.69, 9.17) is 9.47 Å². The standard InChI is InChI=1S/C15H20N2O2/c1-2-4-13(5-3-1)10-14(15-11-18-12-19-15)17-8-6-16-7-9-17/h1-5,11,14,16H,6-10,12H2. The van der Waals surface area contributed by atoms with Gasteiger partial charge in [-0.15, -0.1) is 0 Å². The van der Waals surface area contributed by atoms with Gasteiger partial charge in [0.1, 0.15) is 6.26 Å². The fraction of sp³-hybridized carbons (Fsp3) is 0.467. The van der Waals surface area contributed by atoms with Crippen LogP contribution in [-0.4, -0.2) is 43.9 Å². The van der Waals surface area contributed by atoms with Gasteiger partial charge in [0.2, 0.25) is 6.79 Å². The topological polar surface area (TPSA) is 33.7 Å². The summed E-state index contributed by atoms with van der Waals surface area (Å²) in [5.41, 5.74) is 1.34. The molecular formula is C15H20N2O2. The van der Waals surface area contributed by atoms with Crippen LogP contribution in [0.5, 0.6) is 0 Å². The monoisotopic (exact) mass is 260 g/mol. The minimum absolute atomic E-state index is 0.284. The highest BCUT2D eigenvalue weighted by atomic mass is 16.7. The van der Waals surface area contributed by atoms with Gasteiger partial charge in [-0.1, -0.05) is 30.3 Å². The molecule has 0 aliphatic carbocycles. The molecule has 2 heterocycles. The summed E-state index contributed by atoms with van der Waals surface area (Å²) in [5, 5.41) is 3.39. The quantitative estimate of drug-likeness (QED) is 0.886. The molecule has 4 heteroatoms. The van der Waals surface area contributed by atoms with Crippen molar-refractivity contribution in [1.82, 2.24) is 10.2 Å². The predicted octanol–water partition coefficient (Wildman–Crippen LogP) is 1.35. The molecular weight excluding hydrogens is 240 g/mol. The molecule has 0 aromatic heterocycles. The first-order valence-electron chi connectivity index (χ1n) is 6.86. The Bertz CT molecular complexity index is 427. The minimum atomic E-state index is 0.284. The SMILES string of the molecule is C1=C(C(Cc2ccccc2)N2CCNCC2)OCO1. The summed E-state index contributed by atoms with van der Waals surface area (Å²) in [5.74, 6) is 0.964. The summed E-state index contributed by atoms with van der Waals surface area (Å²) < 4.78 is 10.9. The van der Waals surface area contributed by atoms with Crippen LogP contribution in [0.25, 0.3) is 0 Å². The molecule has 2 aliphatic rings. The van der Waals surface area contributed by atoms with Crippen molar-refractivity contribution < 1.29 is 9.47 Å². The Balaban J connectivity index is 1.75. The lowest BCUT2D eigenvalue weighted by Crippen LogP contribution is -2.49. The Morgan fingerprint density at radius 2 is 1.95 bits per heavy atom. The molecule has 2 aliphatic heterocycles. The fourth-order valence-corrected chi connectivity index (χ4v) is 2.67. The van der Waals surface area contributed by atoms with Gasteiger partial charge in [-0.2, -0.15) is 0 Å². The first kappa shape index (κ1) is 12.5. The molecule has 19 heavy (non-hydrogen) atoms. The smallest absolute Gasteiger partial charge is 0.229 e. The van der Waals surface area contributed by atoms with Gasteiger partial charge < -0.3 is 14.8 Å². The number of rotatable bonds is 4. The van der Waals surface area contributed by atoms with Crippen molar-refractivity contribution in [3.05, 3.63) is 47.9 Å². The van der Waals surface area contributed by atoms with E-state index in [-0.39, 0.29) is 6.04 Å². The van der Waals surface area contributed by atoms with Crippen LogP contribution >= 0.6 is 0 Å². The molecule has 0 amide bonds. The van der Waals surface area contributed by atoms with E-state index >= 15 is 0 Å². The second-order valence-electron chi connectivity index (χ2n) is 4.94. The lowest BCUT2D eigenvalue weighted by Gasteiger charge is -2.34. The summed E-state index contributed by atoms with van der Waals surface area (Å²) in [6.45, 7) is 4.54. The van der Waals surface area contributed by atoms with Crippen molar-refractivity contribution in [1.29, 1.82) is 0 Å². The zero-order chi connectivity index (χ0) is 12.9. The maximum absolute atomic E-state index is 5.62. The minimum Gasteiger partial charge on any atom is -0.462 e. The number of piperazine rings is 1. The molecule has 1 saturated heterocycles. The van der Waals surface area contributed by atoms with Crippen molar-refractivity contribution >= 4 is 0 Å². The average Bonchev–Trinajstić information content (AvgIpc) is 3.01. The van der Waals surface area contributed by atoms with E-state index < -0.39 is 0 Å². The number of nitrogens with one attached hydrogen (secondary N) is 1. The average molecular weight is 260 g/mol. The maximum atomic E-state index is 5.62. The molecule has 1 fully saturated rings. The van der Waals surface area contributed by atoms with Crippen LogP contribution in [0.2, 0.25) is 0 Å². The molecule has 0 saturated carbocycles. The molecule has 1 aromatic rings. The van der Waals surface area contributed by atoms with E-state index in [1.54, 1.807) is 6.26 Å². The fourth-order valence-electron chi connectivity index (χ4n) is 2.67. The third-order valence-corrected chi connectivity index (χ3v) is 3.69. The van der Waals surface area contributed by atoms with Gasteiger partial charge in [0, 0.05) is 26.2 Å². The zero-order valence-electron chi connectivity index (χ0n) is 11.0. The molecule has 4 nitrogen and oxygen atoms in total. The zero-order valence-corrected chi connectivity index (χ0v) is 11.0. The van der Waals surface area contributed by atoms with Gasteiger partial charge in [-0.05, 0) is 12.0 Å². The summed E-state index contributed by atoms with van der Waals surface area (Å²) in [4.78, 5) is 2.48. The number of hydrogen-bond acceptors (Lipinski definition) is 4. The van der Waals surface area contributed by atoms with Gasteiger partial charge in [0.25, 0.3) is 0 Å². The number of hydrogen-bond donors (Lipinski definition) is 1. The van der Waals surface area contributed by atoms with Crippen LogP contribution in [0.4, 0.5) is 0 Å². The van der Waals surface area contributed by atoms with Crippen LogP contribution in [0.3, 0.4) is 0 Å². The van der Waals surface area contributed by atoms with E-state index in [0.717, 1.165) is 38.4 Å². The molecule has 0 radical (unpaired) electrons.